The molecule has 0 spiro atoms. The summed E-state index contributed by atoms with van der Waals surface area (Å²) in [6.45, 7) is 20.8. The fourth-order valence-electron chi connectivity index (χ4n) is 11.6. The maximum atomic E-state index is 7.13. The molecule has 0 radical (unpaired) electrons. The number of aromatic nitrogens is 4. The van der Waals surface area contributed by atoms with Crippen LogP contribution in [0.5, 0.6) is 11.5 Å². The molecule has 0 unspecified atom stereocenters. The van der Waals surface area contributed by atoms with E-state index >= 15 is 0 Å². The summed E-state index contributed by atoms with van der Waals surface area (Å²) in [6.07, 6.45) is 6.02. The number of benzene rings is 9. The smallest absolute Gasteiger partial charge is 0.267 e. The third kappa shape index (κ3) is 10.3. The molecule has 6 heteroatoms. The van der Waals surface area contributed by atoms with Crippen LogP contribution in [0, 0.1) is 18.5 Å². The molecule has 9 aromatic carbocycles. The zero-order chi connectivity index (χ0) is 55.4. The first-order valence-electron chi connectivity index (χ1n) is 27.8. The van der Waals surface area contributed by atoms with E-state index in [9.17, 15) is 0 Å². The summed E-state index contributed by atoms with van der Waals surface area (Å²) in [4.78, 5) is 4.96. The molecule has 0 saturated carbocycles. The second-order valence-corrected chi connectivity index (χ2v) is 23.8. The molecule has 3 aromatic heterocycles. The van der Waals surface area contributed by atoms with Gasteiger partial charge in [-0.05, 0) is 91.3 Å². The van der Waals surface area contributed by atoms with Crippen LogP contribution in [0.15, 0.2) is 237 Å². The zero-order valence-corrected chi connectivity index (χ0v) is 49.8. The van der Waals surface area contributed by atoms with Crippen molar-refractivity contribution in [3.63, 3.8) is 0 Å². The normalized spacial score (nSPS) is 12.2. The first-order chi connectivity index (χ1) is 38.6. The number of para-hydroxylation sites is 1. The van der Waals surface area contributed by atoms with Crippen molar-refractivity contribution in [3.05, 3.63) is 294 Å². The van der Waals surface area contributed by atoms with Gasteiger partial charge in [0.05, 0.1) is 17.1 Å². The Morgan fingerprint density at radius 2 is 0.975 bits per heavy atom. The van der Waals surface area contributed by atoms with Crippen molar-refractivity contribution < 1.29 is 30.4 Å². The second kappa shape index (κ2) is 21.6. The Balaban J connectivity index is 0.00000690. The minimum atomic E-state index is -0.588. The second-order valence-electron chi connectivity index (χ2n) is 23.8. The van der Waals surface area contributed by atoms with Crippen LogP contribution < -0.4 is 9.30 Å². The van der Waals surface area contributed by atoms with E-state index in [0.29, 0.717) is 11.5 Å². The Bertz CT molecular complexity index is 4190. The largest absolute Gasteiger partial charge is 0.510 e. The van der Waals surface area contributed by atoms with Crippen molar-refractivity contribution in [1.29, 1.82) is 0 Å². The van der Waals surface area contributed by atoms with Crippen LogP contribution in [0.2, 0.25) is 0 Å². The van der Waals surface area contributed by atoms with E-state index in [-0.39, 0.29) is 31.9 Å². The van der Waals surface area contributed by atoms with Crippen molar-refractivity contribution in [2.75, 3.05) is 0 Å². The van der Waals surface area contributed by atoms with Gasteiger partial charge in [0.1, 0.15) is 5.82 Å². The quantitative estimate of drug-likeness (QED) is 0.0852. The summed E-state index contributed by atoms with van der Waals surface area (Å²) >= 11 is 0. The Hall–Kier alpha value is -8.37. The fourth-order valence-corrected chi connectivity index (χ4v) is 11.6. The van der Waals surface area contributed by atoms with E-state index in [1.807, 2.05) is 12.3 Å². The van der Waals surface area contributed by atoms with Crippen LogP contribution in [0.4, 0.5) is 0 Å². The van der Waals surface area contributed by atoms with E-state index in [4.69, 9.17) is 9.72 Å². The predicted molar refractivity (Wildman–Crippen MR) is 328 cm³/mol. The third-order valence-electron chi connectivity index (χ3n) is 16.3. The van der Waals surface area contributed by atoms with Crippen LogP contribution in [-0.4, -0.2) is 14.1 Å². The van der Waals surface area contributed by atoms with Gasteiger partial charge >= 0.3 is 0 Å². The molecule has 0 atom stereocenters. The van der Waals surface area contributed by atoms with Crippen LogP contribution >= 0.6 is 0 Å². The van der Waals surface area contributed by atoms with Gasteiger partial charge in [-0.2, -0.15) is 12.1 Å². The number of hydrogen-bond acceptors (Lipinski definition) is 2. The van der Waals surface area contributed by atoms with Crippen molar-refractivity contribution in [2.24, 2.45) is 0 Å². The molecule has 81 heavy (non-hydrogen) atoms. The Morgan fingerprint density at radius 1 is 0.432 bits per heavy atom. The molecule has 0 aliphatic heterocycles. The molecule has 0 bridgehead atoms. The van der Waals surface area contributed by atoms with E-state index in [0.717, 1.165) is 72.6 Å². The monoisotopic (exact) mass is 1230 g/mol. The van der Waals surface area contributed by atoms with Gasteiger partial charge in [0, 0.05) is 60.5 Å². The maximum absolute atomic E-state index is 7.13. The topological polar surface area (TPSA) is 35.9 Å². The predicted octanol–water partition coefficient (Wildman–Crippen LogP) is 18.0. The van der Waals surface area contributed by atoms with Crippen LogP contribution in [0.25, 0.3) is 61.3 Å². The number of ether oxygens (including phenoxy) is 1. The molecule has 5 nitrogen and oxygen atoms in total. The Kier molecular flexibility index (Phi) is 14.6. The first kappa shape index (κ1) is 54.6. The summed E-state index contributed by atoms with van der Waals surface area (Å²) in [5, 5.41) is 2.19. The van der Waals surface area contributed by atoms with E-state index < -0.39 is 10.8 Å². The van der Waals surface area contributed by atoms with E-state index in [2.05, 4.69) is 319 Å². The third-order valence-corrected chi connectivity index (χ3v) is 16.3. The molecule has 0 amide bonds. The van der Waals surface area contributed by atoms with Gasteiger partial charge in [0.15, 0.2) is 0 Å². The standard InChI is InChI=1S/C75H66N4O.Pt/c1-72(2,3)59-41-42-76-69(48-59)79-67-38-26-25-37-65(67)66-40-39-63(50-68(66)79)80-64-46-55(53-29-17-11-18-30-53)45-62(49-64)78-51-77(70(74(6,7)57-33-21-13-22-34-57)71(78)75(8,9)58-35-23-14-24-36-58)61-44-54(52-27-15-10-16-28-52)43-60(47-61)73(4,5)56-31-19-12-20-32-56;/h10-48H,1-9H3;/q-2;. The molecule has 0 N–H and O–H groups in total. The number of imidazole rings is 1. The average molecular weight is 1230 g/mol. The first-order valence-corrected chi connectivity index (χ1v) is 27.8. The molecular weight excluding hydrogens is 1170 g/mol. The van der Waals surface area contributed by atoms with Gasteiger partial charge in [0.25, 0.3) is 6.33 Å². The van der Waals surface area contributed by atoms with Gasteiger partial charge in [0.2, 0.25) is 0 Å². The molecule has 0 aliphatic carbocycles. The van der Waals surface area contributed by atoms with Crippen LogP contribution in [0.3, 0.4) is 0 Å². The maximum Gasteiger partial charge on any atom is 0.267 e. The minimum absolute atomic E-state index is 0. The van der Waals surface area contributed by atoms with Crippen molar-refractivity contribution in [3.8, 4) is 50.9 Å². The molecule has 0 saturated heterocycles. The van der Waals surface area contributed by atoms with Crippen LogP contribution in [-0.2, 0) is 42.7 Å². The molecular formula is C75H66N4OPt-2. The molecule has 3 heterocycles. The van der Waals surface area contributed by atoms with Gasteiger partial charge in [-0.3, -0.25) is 4.57 Å². The van der Waals surface area contributed by atoms with Gasteiger partial charge in [-0.1, -0.05) is 244 Å². The van der Waals surface area contributed by atoms with Gasteiger partial charge in [-0.25, -0.2) is 4.98 Å². The van der Waals surface area contributed by atoms with Crippen molar-refractivity contribution in [1.82, 2.24) is 14.1 Å². The minimum Gasteiger partial charge on any atom is -0.510 e. The van der Waals surface area contributed by atoms with E-state index in [1.165, 1.54) is 27.8 Å². The number of rotatable bonds is 13. The number of fused-ring (bicyclic) bond motifs is 3. The number of hydrogen-bond donors (Lipinski definition) is 0. The van der Waals surface area contributed by atoms with Crippen LogP contribution in [0.1, 0.15) is 102 Å². The molecule has 12 rings (SSSR count). The Labute approximate surface area is 492 Å². The summed E-state index contributed by atoms with van der Waals surface area (Å²) < 4.78 is 13.9. The van der Waals surface area contributed by atoms with E-state index in [1.54, 1.807) is 0 Å². The number of nitrogens with zero attached hydrogens (tertiary/aromatic N) is 4. The molecule has 404 valence electrons. The number of pyridine rings is 1. The van der Waals surface area contributed by atoms with Crippen molar-refractivity contribution in [2.45, 2.75) is 84.0 Å². The summed E-state index contributed by atoms with van der Waals surface area (Å²) in [5.41, 5.74) is 14.6. The van der Waals surface area contributed by atoms with Gasteiger partial charge in [-0.15, -0.1) is 35.2 Å². The fraction of sp³-hybridized carbons (Fsp3) is 0.173. The molecule has 0 aliphatic rings. The SMILES string of the molecule is CC(C)(C)c1ccnc(-n2c3[c-]c(Oc4[c-]c(-n5[c-][n+](-c6cc(-c7ccccc7)cc(C(C)(C)c7ccccc7)c6)c(C(C)(C)c6ccccc6)c5C(C)(C)c5ccccc5)cc(-c5ccccc5)c4)ccc3c3ccccc32)c1.[Pt]. The summed E-state index contributed by atoms with van der Waals surface area (Å²) in [7, 11) is 0. The summed E-state index contributed by atoms with van der Waals surface area (Å²) in [6, 6.07) is 89.9. The van der Waals surface area contributed by atoms with Crippen molar-refractivity contribution >= 4 is 21.8 Å². The molecule has 12 aromatic rings. The Morgan fingerprint density at radius 3 is 1.58 bits per heavy atom. The summed E-state index contributed by atoms with van der Waals surface area (Å²) in [5.74, 6) is 1.95. The zero-order valence-electron chi connectivity index (χ0n) is 47.5. The van der Waals surface area contributed by atoms with Gasteiger partial charge < -0.3 is 13.9 Å². The molecule has 0 fully saturated rings. The average Bonchev–Trinajstić information content (AvgIpc) is 4.24.